The summed E-state index contributed by atoms with van der Waals surface area (Å²) in [6.07, 6.45) is 1.67. The first-order valence-corrected chi connectivity index (χ1v) is 8.95. The number of halogens is 3. The lowest BCUT2D eigenvalue weighted by atomic mass is 10.1. The van der Waals surface area contributed by atoms with Gasteiger partial charge in [0, 0.05) is 12.6 Å². The molecule has 1 aliphatic heterocycles. The summed E-state index contributed by atoms with van der Waals surface area (Å²) in [5.41, 5.74) is 0.895. The smallest absolute Gasteiger partial charge is 0.211 e. The van der Waals surface area contributed by atoms with E-state index in [1.54, 1.807) is 12.1 Å². The second-order valence-corrected chi connectivity index (χ2v) is 8.20. The largest absolute Gasteiger partial charge is 0.224 e. The van der Waals surface area contributed by atoms with E-state index in [4.69, 9.17) is 23.2 Å². The van der Waals surface area contributed by atoms with Crippen LogP contribution in [-0.4, -0.2) is 23.9 Å². The summed E-state index contributed by atoms with van der Waals surface area (Å²) in [6.45, 7) is 0.554. The minimum absolute atomic E-state index is 0.0577. The van der Waals surface area contributed by atoms with Gasteiger partial charge in [-0.15, -0.1) is 0 Å². The van der Waals surface area contributed by atoms with Gasteiger partial charge >= 0.3 is 0 Å². The van der Waals surface area contributed by atoms with Gasteiger partial charge in [0.2, 0.25) is 10.0 Å². The van der Waals surface area contributed by atoms with E-state index in [-0.39, 0.29) is 10.7 Å². The molecule has 0 aliphatic carbocycles. The molecule has 1 aliphatic rings. The molecule has 100 valence electrons. The Morgan fingerprint density at radius 2 is 2.06 bits per heavy atom. The molecule has 1 aromatic rings. The molecule has 1 fully saturated rings. The van der Waals surface area contributed by atoms with Gasteiger partial charge in [0.15, 0.2) is 0 Å². The van der Waals surface area contributed by atoms with Crippen molar-refractivity contribution in [3.05, 3.63) is 33.8 Å². The molecule has 2 rings (SSSR count). The molecule has 18 heavy (non-hydrogen) atoms. The lowest BCUT2D eigenvalue weighted by molar-refractivity contribution is 0.400. The van der Waals surface area contributed by atoms with Crippen LogP contribution in [0.1, 0.15) is 24.4 Å². The van der Waals surface area contributed by atoms with Crippen molar-refractivity contribution in [2.45, 2.75) is 18.9 Å². The Bertz CT molecular complexity index is 550. The van der Waals surface area contributed by atoms with E-state index < -0.39 is 10.0 Å². The van der Waals surface area contributed by atoms with Gasteiger partial charge in [0.05, 0.1) is 10.0 Å². The van der Waals surface area contributed by atoms with Crippen molar-refractivity contribution in [2.24, 2.45) is 0 Å². The number of benzene rings is 1. The van der Waals surface area contributed by atoms with Gasteiger partial charge in [-0.25, -0.2) is 8.42 Å². The van der Waals surface area contributed by atoms with Crippen LogP contribution in [0.4, 0.5) is 0 Å². The van der Waals surface area contributed by atoms with Gasteiger partial charge in [0.1, 0.15) is 4.66 Å². The molecule has 0 bridgehead atoms. The predicted octanol–water partition coefficient (Wildman–Crippen LogP) is 3.81. The fraction of sp³-hybridized carbons (Fsp3) is 0.455. The highest BCUT2D eigenvalue weighted by atomic mass is 79.9. The topological polar surface area (TPSA) is 37.4 Å². The second kappa shape index (κ2) is 5.67. The Morgan fingerprint density at radius 1 is 1.33 bits per heavy atom. The number of sulfonamides is 1. The monoisotopic (exact) mass is 371 g/mol. The Balaban J connectivity index is 2.35. The Hall–Kier alpha value is 0.190. The van der Waals surface area contributed by atoms with Crippen LogP contribution in [0.3, 0.4) is 0 Å². The van der Waals surface area contributed by atoms with Gasteiger partial charge in [0.25, 0.3) is 0 Å². The SMILES string of the molecule is O=S(=O)(CBr)N1CCCC1c1ccc(Cl)c(Cl)c1. The number of alkyl halides is 1. The van der Waals surface area contributed by atoms with E-state index in [9.17, 15) is 8.42 Å². The van der Waals surface area contributed by atoms with Crippen molar-refractivity contribution in [2.75, 3.05) is 11.2 Å². The Kier molecular flexibility index (Phi) is 4.60. The molecule has 1 unspecified atom stereocenters. The molecule has 1 saturated heterocycles. The van der Waals surface area contributed by atoms with E-state index in [2.05, 4.69) is 15.9 Å². The summed E-state index contributed by atoms with van der Waals surface area (Å²) in [6, 6.07) is 5.15. The summed E-state index contributed by atoms with van der Waals surface area (Å²) in [4.78, 5) is 0. The fourth-order valence-corrected chi connectivity index (χ4v) is 4.43. The lowest BCUT2D eigenvalue weighted by Gasteiger charge is -2.23. The Labute approximate surface area is 125 Å². The first-order valence-electron chi connectivity index (χ1n) is 5.46. The highest BCUT2D eigenvalue weighted by Crippen LogP contribution is 2.36. The van der Waals surface area contributed by atoms with E-state index >= 15 is 0 Å². The lowest BCUT2D eigenvalue weighted by Crippen LogP contribution is -2.31. The molecular formula is C11H12BrCl2NO2S. The third-order valence-electron chi connectivity index (χ3n) is 3.03. The molecular weight excluding hydrogens is 361 g/mol. The first kappa shape index (κ1) is 14.6. The van der Waals surface area contributed by atoms with Gasteiger partial charge < -0.3 is 0 Å². The van der Waals surface area contributed by atoms with E-state index in [0.717, 1.165) is 18.4 Å². The number of hydrogen-bond acceptors (Lipinski definition) is 2. The minimum atomic E-state index is -3.24. The van der Waals surface area contributed by atoms with E-state index in [1.165, 1.54) is 4.31 Å². The van der Waals surface area contributed by atoms with Gasteiger partial charge in [-0.05, 0) is 30.5 Å². The van der Waals surface area contributed by atoms with Crippen LogP contribution in [0.5, 0.6) is 0 Å². The maximum Gasteiger partial charge on any atom is 0.224 e. The van der Waals surface area contributed by atoms with Crippen molar-refractivity contribution >= 4 is 49.2 Å². The summed E-state index contributed by atoms with van der Waals surface area (Å²) in [5.74, 6) is 0. The molecule has 3 nitrogen and oxygen atoms in total. The molecule has 0 saturated carbocycles. The zero-order valence-electron chi connectivity index (χ0n) is 9.44. The summed E-state index contributed by atoms with van der Waals surface area (Å²) < 4.78 is 25.4. The molecule has 0 spiro atoms. The van der Waals surface area contributed by atoms with Gasteiger partial charge in [-0.1, -0.05) is 45.2 Å². The van der Waals surface area contributed by atoms with Crippen LogP contribution in [0.2, 0.25) is 10.0 Å². The average Bonchev–Trinajstić information content (AvgIpc) is 2.82. The van der Waals surface area contributed by atoms with Crippen molar-refractivity contribution in [3.8, 4) is 0 Å². The zero-order valence-corrected chi connectivity index (χ0v) is 13.4. The average molecular weight is 373 g/mol. The summed E-state index contributed by atoms with van der Waals surface area (Å²) in [5, 5.41) is 0.936. The van der Waals surface area contributed by atoms with Crippen molar-refractivity contribution in [1.29, 1.82) is 0 Å². The molecule has 0 amide bonds. The van der Waals surface area contributed by atoms with Crippen LogP contribution in [0, 0.1) is 0 Å². The molecule has 1 atom stereocenters. The maximum atomic E-state index is 12.0. The van der Waals surface area contributed by atoms with Crippen molar-refractivity contribution < 1.29 is 8.42 Å². The second-order valence-electron chi connectivity index (χ2n) is 4.16. The predicted molar refractivity (Wildman–Crippen MR) is 77.9 cm³/mol. The summed E-state index contributed by atoms with van der Waals surface area (Å²) in [7, 11) is -3.24. The Morgan fingerprint density at radius 3 is 2.67 bits per heavy atom. The number of rotatable bonds is 3. The van der Waals surface area contributed by atoms with Crippen LogP contribution in [0.25, 0.3) is 0 Å². The molecule has 1 heterocycles. The summed E-state index contributed by atoms with van der Waals surface area (Å²) >= 11 is 14.9. The van der Waals surface area contributed by atoms with Crippen LogP contribution < -0.4 is 0 Å². The standard InChI is InChI=1S/C11H12BrCl2NO2S/c12-7-18(16,17)15-5-1-2-11(15)8-3-4-9(13)10(14)6-8/h3-4,6,11H,1-2,5,7H2. The molecule has 7 heteroatoms. The highest BCUT2D eigenvalue weighted by molar-refractivity contribution is 9.10. The molecule has 0 aromatic heterocycles. The molecule has 0 N–H and O–H groups in total. The minimum Gasteiger partial charge on any atom is -0.211 e. The maximum absolute atomic E-state index is 12.0. The number of hydrogen-bond donors (Lipinski definition) is 0. The van der Waals surface area contributed by atoms with Crippen molar-refractivity contribution in [3.63, 3.8) is 0 Å². The third kappa shape index (κ3) is 2.85. The fourth-order valence-electron chi connectivity index (χ4n) is 2.19. The molecule has 1 aromatic carbocycles. The first-order chi connectivity index (χ1) is 8.45. The quantitative estimate of drug-likeness (QED) is 0.756. The van der Waals surface area contributed by atoms with Crippen molar-refractivity contribution in [1.82, 2.24) is 4.31 Å². The van der Waals surface area contributed by atoms with E-state index in [1.807, 2.05) is 6.07 Å². The van der Waals surface area contributed by atoms with Crippen LogP contribution in [-0.2, 0) is 10.0 Å². The van der Waals surface area contributed by atoms with Crippen LogP contribution >= 0.6 is 39.1 Å². The highest BCUT2D eigenvalue weighted by Gasteiger charge is 2.34. The van der Waals surface area contributed by atoms with Crippen LogP contribution in [0.15, 0.2) is 18.2 Å². The number of nitrogens with zero attached hydrogens (tertiary/aromatic N) is 1. The third-order valence-corrected chi connectivity index (χ3v) is 6.93. The van der Waals surface area contributed by atoms with E-state index in [0.29, 0.717) is 16.6 Å². The van der Waals surface area contributed by atoms with Gasteiger partial charge in [-0.3, -0.25) is 0 Å². The molecule has 0 radical (unpaired) electrons. The normalized spacial score (nSPS) is 21.4. The van der Waals surface area contributed by atoms with Gasteiger partial charge in [-0.2, -0.15) is 4.31 Å². The zero-order chi connectivity index (χ0) is 13.3.